The van der Waals surface area contributed by atoms with E-state index in [-0.39, 0.29) is 5.97 Å². The number of nitrogens with zero attached hydrogens (tertiary/aromatic N) is 4. The number of pyridine rings is 1. The van der Waals surface area contributed by atoms with Gasteiger partial charge in [0.05, 0.1) is 7.11 Å². The van der Waals surface area contributed by atoms with Gasteiger partial charge in [0.1, 0.15) is 11.4 Å². The number of esters is 1. The highest BCUT2D eigenvalue weighted by molar-refractivity contribution is 5.95. The maximum absolute atomic E-state index is 11.8. The Morgan fingerprint density at radius 1 is 1.38 bits per heavy atom. The third kappa shape index (κ3) is 2.76. The molecule has 0 N–H and O–H groups in total. The van der Waals surface area contributed by atoms with Crippen molar-refractivity contribution in [2.45, 2.75) is 19.3 Å². The molecule has 2 aromatic rings. The van der Waals surface area contributed by atoms with Crippen LogP contribution in [0.2, 0.25) is 0 Å². The molecule has 2 aromatic heterocycles. The number of hydrogen-bond acceptors (Lipinski definition) is 5. The molecule has 6 heteroatoms. The Balaban J connectivity index is 1.85. The quantitative estimate of drug-likeness (QED) is 0.799. The summed E-state index contributed by atoms with van der Waals surface area (Å²) in [6, 6.07) is 3.55. The Bertz CT molecular complexity index is 644. The molecule has 1 aliphatic rings. The molecule has 6 nitrogen and oxygen atoms in total. The van der Waals surface area contributed by atoms with Crippen LogP contribution in [0.25, 0.3) is 5.65 Å². The number of ether oxygens (including phenoxy) is 1. The Morgan fingerprint density at radius 3 is 2.86 bits per heavy atom. The number of carbonyl (C=O) groups excluding carboxylic acids is 1. The van der Waals surface area contributed by atoms with Crippen molar-refractivity contribution < 1.29 is 9.53 Å². The molecule has 0 radical (unpaired) electrons. The molecular formula is C15H20N4O2. The number of carbonyl (C=O) groups is 1. The summed E-state index contributed by atoms with van der Waals surface area (Å²) in [5.74, 6) is 1.18. The van der Waals surface area contributed by atoms with Gasteiger partial charge in [-0.05, 0) is 51.0 Å². The molecule has 1 fully saturated rings. The zero-order valence-corrected chi connectivity index (χ0v) is 12.5. The molecule has 0 aromatic carbocycles. The predicted octanol–water partition coefficient (Wildman–Crippen LogP) is 1.40. The monoisotopic (exact) mass is 288 g/mol. The summed E-state index contributed by atoms with van der Waals surface area (Å²) in [5.41, 5.74) is 1.04. The smallest absolute Gasteiger partial charge is 0.341 e. The molecule has 1 aliphatic heterocycles. The molecule has 0 unspecified atom stereocenters. The number of methoxy groups -OCH3 is 1. The zero-order chi connectivity index (χ0) is 14.8. The van der Waals surface area contributed by atoms with Gasteiger partial charge in [0.15, 0.2) is 5.65 Å². The minimum Gasteiger partial charge on any atom is -0.465 e. The predicted molar refractivity (Wildman–Crippen MR) is 78.3 cm³/mol. The van der Waals surface area contributed by atoms with E-state index in [0.29, 0.717) is 17.1 Å². The molecule has 0 aliphatic carbocycles. The summed E-state index contributed by atoms with van der Waals surface area (Å²) in [6.45, 7) is 2.27. The molecule has 1 saturated heterocycles. The fourth-order valence-electron chi connectivity index (χ4n) is 2.90. The second-order valence-corrected chi connectivity index (χ2v) is 5.67. The van der Waals surface area contributed by atoms with Crippen LogP contribution in [-0.4, -0.2) is 52.7 Å². The van der Waals surface area contributed by atoms with Crippen molar-refractivity contribution in [3.05, 3.63) is 29.7 Å². The highest BCUT2D eigenvalue weighted by Gasteiger charge is 2.21. The van der Waals surface area contributed by atoms with Gasteiger partial charge in [-0.25, -0.2) is 4.79 Å². The summed E-state index contributed by atoms with van der Waals surface area (Å²) < 4.78 is 6.70. The van der Waals surface area contributed by atoms with Gasteiger partial charge in [0, 0.05) is 12.6 Å². The number of aromatic nitrogens is 3. The van der Waals surface area contributed by atoms with Crippen molar-refractivity contribution in [3.8, 4) is 0 Å². The zero-order valence-electron chi connectivity index (χ0n) is 12.5. The fraction of sp³-hybridized carbons (Fsp3) is 0.533. The van der Waals surface area contributed by atoms with Crippen LogP contribution in [-0.2, 0) is 11.2 Å². The molecule has 112 valence electrons. The number of likely N-dealkylation sites (tertiary alicyclic amines) is 1. The van der Waals surface area contributed by atoms with Crippen molar-refractivity contribution >= 4 is 11.6 Å². The molecule has 3 heterocycles. The Labute approximate surface area is 123 Å². The summed E-state index contributed by atoms with van der Waals surface area (Å²) in [4.78, 5) is 14.1. The average molecular weight is 288 g/mol. The van der Waals surface area contributed by atoms with Crippen molar-refractivity contribution in [2.75, 3.05) is 27.2 Å². The molecule has 21 heavy (non-hydrogen) atoms. The summed E-state index contributed by atoms with van der Waals surface area (Å²) in [5, 5.41) is 8.45. The molecule has 0 saturated carbocycles. The lowest BCUT2D eigenvalue weighted by atomic mass is 9.93. The van der Waals surface area contributed by atoms with E-state index in [2.05, 4.69) is 22.1 Å². The first-order chi connectivity index (χ1) is 10.2. The van der Waals surface area contributed by atoms with E-state index in [1.165, 1.54) is 20.0 Å². The van der Waals surface area contributed by atoms with E-state index >= 15 is 0 Å². The molecule has 0 spiro atoms. The summed E-state index contributed by atoms with van der Waals surface area (Å²) >= 11 is 0. The maximum atomic E-state index is 11.8. The van der Waals surface area contributed by atoms with E-state index in [9.17, 15) is 4.79 Å². The normalized spacial score (nSPS) is 17.2. The third-order valence-electron chi connectivity index (χ3n) is 4.22. The van der Waals surface area contributed by atoms with E-state index in [1.807, 2.05) is 16.7 Å². The van der Waals surface area contributed by atoms with Crippen LogP contribution in [0.3, 0.4) is 0 Å². The molecular weight excluding hydrogens is 268 g/mol. The van der Waals surface area contributed by atoms with Gasteiger partial charge in [-0.3, -0.25) is 4.40 Å². The minimum atomic E-state index is -0.376. The lowest BCUT2D eigenvalue weighted by Gasteiger charge is -2.28. The van der Waals surface area contributed by atoms with E-state index < -0.39 is 0 Å². The van der Waals surface area contributed by atoms with Gasteiger partial charge in [-0.2, -0.15) is 0 Å². The summed E-state index contributed by atoms with van der Waals surface area (Å²) in [7, 11) is 3.53. The molecule has 0 amide bonds. The Hall–Kier alpha value is -1.95. The van der Waals surface area contributed by atoms with Crippen molar-refractivity contribution in [1.82, 2.24) is 19.5 Å². The van der Waals surface area contributed by atoms with Gasteiger partial charge in [-0.15, -0.1) is 10.2 Å². The van der Waals surface area contributed by atoms with Crippen molar-refractivity contribution in [3.63, 3.8) is 0 Å². The molecule has 0 bridgehead atoms. The highest BCUT2D eigenvalue weighted by Crippen LogP contribution is 2.21. The van der Waals surface area contributed by atoms with Gasteiger partial charge in [-0.1, -0.05) is 0 Å². The Kier molecular flexibility index (Phi) is 3.88. The van der Waals surface area contributed by atoms with Crippen molar-refractivity contribution in [1.29, 1.82) is 0 Å². The lowest BCUT2D eigenvalue weighted by molar-refractivity contribution is 0.0602. The van der Waals surface area contributed by atoms with Crippen LogP contribution < -0.4 is 0 Å². The van der Waals surface area contributed by atoms with Crippen LogP contribution >= 0.6 is 0 Å². The second-order valence-electron chi connectivity index (χ2n) is 5.67. The second kappa shape index (κ2) is 5.81. The standard InChI is InChI=1S/C15H20N4O2/c1-18-8-5-11(6-9-18)10-13-16-17-14-12(15(20)21-2)4-3-7-19(13)14/h3-4,7,11H,5-6,8-10H2,1-2H3. The first kappa shape index (κ1) is 14.0. The van der Waals surface area contributed by atoms with Gasteiger partial charge in [0.25, 0.3) is 0 Å². The number of hydrogen-bond donors (Lipinski definition) is 0. The SMILES string of the molecule is COC(=O)c1cccn2c(CC3CCN(C)CC3)nnc12. The number of piperidine rings is 1. The van der Waals surface area contributed by atoms with E-state index in [4.69, 9.17) is 4.74 Å². The molecule has 0 atom stereocenters. The number of fused-ring (bicyclic) bond motifs is 1. The number of rotatable bonds is 3. The van der Waals surface area contributed by atoms with Crippen LogP contribution in [0.15, 0.2) is 18.3 Å². The van der Waals surface area contributed by atoms with Crippen LogP contribution in [0, 0.1) is 5.92 Å². The minimum absolute atomic E-state index is 0.376. The first-order valence-corrected chi connectivity index (χ1v) is 7.28. The highest BCUT2D eigenvalue weighted by atomic mass is 16.5. The third-order valence-corrected chi connectivity index (χ3v) is 4.22. The van der Waals surface area contributed by atoms with Crippen molar-refractivity contribution in [2.24, 2.45) is 5.92 Å². The lowest BCUT2D eigenvalue weighted by Crippen LogP contribution is -2.31. The van der Waals surface area contributed by atoms with Gasteiger partial charge < -0.3 is 9.64 Å². The topological polar surface area (TPSA) is 59.7 Å². The first-order valence-electron chi connectivity index (χ1n) is 7.28. The molecule has 3 rings (SSSR count). The Morgan fingerprint density at radius 2 is 2.14 bits per heavy atom. The summed E-state index contributed by atoms with van der Waals surface area (Å²) in [6.07, 6.45) is 5.18. The van der Waals surface area contributed by atoms with E-state index in [0.717, 1.165) is 25.3 Å². The average Bonchev–Trinajstić information content (AvgIpc) is 2.92. The fourth-order valence-corrected chi connectivity index (χ4v) is 2.90. The van der Waals surface area contributed by atoms with Crippen LogP contribution in [0.5, 0.6) is 0 Å². The van der Waals surface area contributed by atoms with E-state index in [1.54, 1.807) is 6.07 Å². The van der Waals surface area contributed by atoms with Crippen LogP contribution in [0.1, 0.15) is 29.0 Å². The maximum Gasteiger partial charge on any atom is 0.341 e. The van der Waals surface area contributed by atoms with Crippen LogP contribution in [0.4, 0.5) is 0 Å². The van der Waals surface area contributed by atoms with Gasteiger partial charge >= 0.3 is 5.97 Å². The van der Waals surface area contributed by atoms with Gasteiger partial charge in [0.2, 0.25) is 0 Å². The largest absolute Gasteiger partial charge is 0.465 e.